The molecule has 5 heteroatoms. The molecule has 0 spiro atoms. The van der Waals surface area contributed by atoms with Gasteiger partial charge >= 0.3 is 5.97 Å². The highest BCUT2D eigenvalue weighted by molar-refractivity contribution is 5.82. The summed E-state index contributed by atoms with van der Waals surface area (Å²) in [6, 6.07) is 7.51. The molecule has 1 heterocycles. The first-order valence-corrected chi connectivity index (χ1v) is 7.22. The van der Waals surface area contributed by atoms with Gasteiger partial charge in [-0.3, -0.25) is 9.59 Å². The first kappa shape index (κ1) is 15.4. The maximum atomic E-state index is 12.3. The number of aliphatic carboxylic acids is 1. The maximum absolute atomic E-state index is 12.3. The second-order valence-corrected chi connectivity index (χ2v) is 5.53. The molecule has 21 heavy (non-hydrogen) atoms. The van der Waals surface area contributed by atoms with Gasteiger partial charge in [0.1, 0.15) is 5.75 Å². The number of rotatable bonds is 4. The van der Waals surface area contributed by atoms with E-state index in [1.54, 1.807) is 11.8 Å². The van der Waals surface area contributed by atoms with E-state index in [0.717, 1.165) is 12.0 Å². The van der Waals surface area contributed by atoms with E-state index in [-0.39, 0.29) is 12.5 Å². The van der Waals surface area contributed by atoms with E-state index >= 15 is 0 Å². The third-order valence-electron chi connectivity index (χ3n) is 3.76. The average molecular weight is 291 g/mol. The van der Waals surface area contributed by atoms with Crippen molar-refractivity contribution in [3.05, 3.63) is 29.8 Å². The Hall–Kier alpha value is -2.04. The van der Waals surface area contributed by atoms with E-state index in [2.05, 4.69) is 0 Å². The lowest BCUT2D eigenvalue weighted by Crippen LogP contribution is -2.47. The summed E-state index contributed by atoms with van der Waals surface area (Å²) in [5.74, 6) is -0.802. The molecule has 1 amide bonds. The maximum Gasteiger partial charge on any atom is 0.308 e. The second-order valence-electron chi connectivity index (χ2n) is 5.53. The number of carboxylic acids is 1. The number of aryl methyl sites for hydroxylation is 1. The number of benzene rings is 1. The normalized spacial score (nSPS) is 19.9. The van der Waals surface area contributed by atoms with Crippen LogP contribution in [0.3, 0.4) is 0 Å². The van der Waals surface area contributed by atoms with Gasteiger partial charge in [0.2, 0.25) is 0 Å². The zero-order chi connectivity index (χ0) is 15.4. The molecular weight excluding hydrogens is 270 g/mol. The van der Waals surface area contributed by atoms with E-state index < -0.39 is 18.0 Å². The first-order chi connectivity index (χ1) is 9.97. The van der Waals surface area contributed by atoms with E-state index in [9.17, 15) is 9.59 Å². The van der Waals surface area contributed by atoms with Crippen LogP contribution in [0.25, 0.3) is 0 Å². The quantitative estimate of drug-likeness (QED) is 0.922. The number of carboxylic acid groups (broad SMARTS) is 1. The number of likely N-dealkylation sites (tertiary alicyclic amines) is 1. The monoisotopic (exact) mass is 291 g/mol. The number of piperidine rings is 1. The van der Waals surface area contributed by atoms with Crippen LogP contribution in [0, 0.1) is 12.8 Å². The van der Waals surface area contributed by atoms with Crippen LogP contribution in [-0.4, -0.2) is 41.1 Å². The Morgan fingerprint density at radius 1 is 1.33 bits per heavy atom. The molecule has 1 saturated heterocycles. The number of nitrogens with zero attached hydrogens (tertiary/aromatic N) is 1. The predicted octanol–water partition coefficient (Wildman–Crippen LogP) is 2.09. The zero-order valence-electron chi connectivity index (χ0n) is 12.4. The highest BCUT2D eigenvalue weighted by atomic mass is 16.5. The van der Waals surface area contributed by atoms with Crippen molar-refractivity contribution >= 4 is 11.9 Å². The molecule has 1 aromatic rings. The third-order valence-corrected chi connectivity index (χ3v) is 3.76. The van der Waals surface area contributed by atoms with Crippen molar-refractivity contribution < 1.29 is 19.4 Å². The van der Waals surface area contributed by atoms with Crippen molar-refractivity contribution in [2.45, 2.75) is 32.8 Å². The van der Waals surface area contributed by atoms with E-state index in [1.807, 2.05) is 31.2 Å². The van der Waals surface area contributed by atoms with Crippen LogP contribution in [0.5, 0.6) is 5.75 Å². The second kappa shape index (κ2) is 6.61. The van der Waals surface area contributed by atoms with Gasteiger partial charge in [0.15, 0.2) is 6.10 Å². The molecular formula is C16H21NO4. The van der Waals surface area contributed by atoms with Crippen molar-refractivity contribution in [1.82, 2.24) is 4.90 Å². The Balaban J connectivity index is 1.95. The van der Waals surface area contributed by atoms with Gasteiger partial charge in [-0.2, -0.15) is 0 Å². The molecule has 114 valence electrons. The highest BCUT2D eigenvalue weighted by Gasteiger charge is 2.30. The molecule has 5 nitrogen and oxygen atoms in total. The van der Waals surface area contributed by atoms with Gasteiger partial charge in [0, 0.05) is 13.1 Å². The summed E-state index contributed by atoms with van der Waals surface area (Å²) in [5, 5.41) is 9.07. The van der Waals surface area contributed by atoms with Crippen molar-refractivity contribution in [1.29, 1.82) is 0 Å². The van der Waals surface area contributed by atoms with Gasteiger partial charge in [-0.05, 0) is 38.8 Å². The molecule has 0 aromatic heterocycles. The van der Waals surface area contributed by atoms with Crippen molar-refractivity contribution in [2.75, 3.05) is 13.1 Å². The minimum atomic E-state index is -0.834. The van der Waals surface area contributed by atoms with Crippen LogP contribution >= 0.6 is 0 Å². The highest BCUT2D eigenvalue weighted by Crippen LogP contribution is 2.19. The van der Waals surface area contributed by atoms with Crippen LogP contribution in [0.15, 0.2) is 24.3 Å². The number of carbonyl (C=O) groups excluding carboxylic acids is 1. The van der Waals surface area contributed by atoms with Gasteiger partial charge in [-0.1, -0.05) is 17.7 Å². The van der Waals surface area contributed by atoms with Crippen molar-refractivity contribution in [3.63, 3.8) is 0 Å². The number of amides is 1. The molecule has 0 saturated carbocycles. The fraction of sp³-hybridized carbons (Fsp3) is 0.500. The van der Waals surface area contributed by atoms with Crippen LogP contribution < -0.4 is 4.74 Å². The van der Waals surface area contributed by atoms with E-state index in [1.165, 1.54) is 0 Å². The standard InChI is InChI=1S/C16H21NO4/c1-11-5-7-14(8-6-11)21-12(2)15(18)17-9-3-4-13(10-17)16(19)20/h5-8,12-13H,3-4,9-10H2,1-2H3,(H,19,20). The number of carbonyl (C=O) groups is 2. The molecule has 1 aliphatic heterocycles. The van der Waals surface area contributed by atoms with Gasteiger partial charge in [-0.25, -0.2) is 0 Å². The minimum Gasteiger partial charge on any atom is -0.481 e. The summed E-state index contributed by atoms with van der Waals surface area (Å²) in [4.78, 5) is 25.0. The summed E-state index contributed by atoms with van der Waals surface area (Å²) in [5.41, 5.74) is 1.13. The lowest BCUT2D eigenvalue weighted by Gasteiger charge is -2.32. The zero-order valence-corrected chi connectivity index (χ0v) is 12.4. The fourth-order valence-corrected chi connectivity index (χ4v) is 2.51. The number of ether oxygens (including phenoxy) is 1. The number of hydrogen-bond acceptors (Lipinski definition) is 3. The Morgan fingerprint density at radius 3 is 2.62 bits per heavy atom. The van der Waals surface area contributed by atoms with Gasteiger partial charge in [0.05, 0.1) is 5.92 Å². The van der Waals surface area contributed by atoms with Crippen LogP contribution in [0.2, 0.25) is 0 Å². The minimum absolute atomic E-state index is 0.151. The first-order valence-electron chi connectivity index (χ1n) is 7.22. The van der Waals surface area contributed by atoms with Crippen molar-refractivity contribution in [3.8, 4) is 5.75 Å². The Labute approximate surface area is 124 Å². The lowest BCUT2D eigenvalue weighted by atomic mass is 9.98. The molecule has 1 fully saturated rings. The molecule has 2 atom stereocenters. The van der Waals surface area contributed by atoms with Crippen LogP contribution in [-0.2, 0) is 9.59 Å². The molecule has 1 aromatic carbocycles. The molecule has 2 rings (SSSR count). The summed E-state index contributed by atoms with van der Waals surface area (Å²) in [6.45, 7) is 4.56. The molecule has 0 radical (unpaired) electrons. The van der Waals surface area contributed by atoms with Crippen LogP contribution in [0.1, 0.15) is 25.3 Å². The largest absolute Gasteiger partial charge is 0.481 e. The SMILES string of the molecule is Cc1ccc(OC(C)C(=O)N2CCCC(C(=O)O)C2)cc1. The summed E-state index contributed by atoms with van der Waals surface area (Å²) < 4.78 is 5.64. The summed E-state index contributed by atoms with van der Waals surface area (Å²) >= 11 is 0. The Kier molecular flexibility index (Phi) is 4.83. The molecule has 0 bridgehead atoms. The van der Waals surface area contributed by atoms with Gasteiger partial charge in [0.25, 0.3) is 5.91 Å². The Morgan fingerprint density at radius 2 is 2.00 bits per heavy atom. The molecule has 2 unspecified atom stereocenters. The number of hydrogen-bond donors (Lipinski definition) is 1. The topological polar surface area (TPSA) is 66.8 Å². The Bertz CT molecular complexity index is 512. The third kappa shape index (κ3) is 3.97. The molecule has 1 N–H and O–H groups in total. The van der Waals surface area contributed by atoms with Crippen molar-refractivity contribution in [2.24, 2.45) is 5.92 Å². The predicted molar refractivity (Wildman–Crippen MR) is 78.2 cm³/mol. The summed E-state index contributed by atoms with van der Waals surface area (Å²) in [6.07, 6.45) is 0.743. The molecule has 0 aliphatic carbocycles. The van der Waals surface area contributed by atoms with E-state index in [0.29, 0.717) is 18.7 Å². The smallest absolute Gasteiger partial charge is 0.308 e. The van der Waals surface area contributed by atoms with E-state index in [4.69, 9.17) is 9.84 Å². The van der Waals surface area contributed by atoms with Crippen LogP contribution in [0.4, 0.5) is 0 Å². The lowest BCUT2D eigenvalue weighted by molar-refractivity contribution is -0.147. The van der Waals surface area contributed by atoms with Gasteiger partial charge in [-0.15, -0.1) is 0 Å². The average Bonchev–Trinajstić information content (AvgIpc) is 2.49. The summed E-state index contributed by atoms with van der Waals surface area (Å²) in [7, 11) is 0. The fourth-order valence-electron chi connectivity index (χ4n) is 2.51. The molecule has 1 aliphatic rings. The van der Waals surface area contributed by atoms with Gasteiger partial charge < -0.3 is 14.7 Å².